The summed E-state index contributed by atoms with van der Waals surface area (Å²) in [7, 11) is 0. The molecule has 3 aliphatic rings. The Hall–Kier alpha value is -2.57. The van der Waals surface area contributed by atoms with E-state index in [0.29, 0.717) is 36.0 Å². The average Bonchev–Trinajstić information content (AvgIpc) is 3.38. The lowest BCUT2D eigenvalue weighted by atomic mass is 9.95. The van der Waals surface area contributed by atoms with Crippen LogP contribution >= 0.6 is 22.9 Å². The van der Waals surface area contributed by atoms with Crippen molar-refractivity contribution in [2.75, 3.05) is 13.1 Å². The van der Waals surface area contributed by atoms with Gasteiger partial charge in [0.15, 0.2) is 0 Å². The molecule has 2 aliphatic carbocycles. The maximum atomic E-state index is 13.8. The van der Waals surface area contributed by atoms with Crippen molar-refractivity contribution in [1.82, 2.24) is 9.88 Å². The largest absolute Gasteiger partial charge is 0.337 e. The third-order valence-electron chi connectivity index (χ3n) is 5.94. The number of benzene rings is 1. The Kier molecular flexibility index (Phi) is 5.82. The van der Waals surface area contributed by atoms with Crippen LogP contribution in [0.1, 0.15) is 41.2 Å². The van der Waals surface area contributed by atoms with Gasteiger partial charge in [-0.05, 0) is 67.5 Å². The van der Waals surface area contributed by atoms with Crippen LogP contribution in [-0.4, -0.2) is 34.6 Å². The molecule has 0 saturated heterocycles. The third kappa shape index (κ3) is 4.48. The number of fused-ring (bicyclic) bond motifs is 1. The molecule has 0 bridgehead atoms. The van der Waals surface area contributed by atoms with Crippen LogP contribution in [-0.2, 0) is 0 Å². The molecule has 0 unspecified atom stereocenters. The lowest BCUT2D eigenvalue weighted by Gasteiger charge is -2.23. The lowest BCUT2D eigenvalue weighted by Crippen LogP contribution is -2.34. The molecule has 7 heteroatoms. The number of amides is 1. The van der Waals surface area contributed by atoms with Crippen molar-refractivity contribution < 1.29 is 9.18 Å². The summed E-state index contributed by atoms with van der Waals surface area (Å²) in [6, 6.07) is 7.54. The highest BCUT2D eigenvalue weighted by Crippen LogP contribution is 2.35. The van der Waals surface area contributed by atoms with Crippen molar-refractivity contribution >= 4 is 34.6 Å². The molecule has 4 nitrogen and oxygen atoms in total. The normalized spacial score (nSPS) is 17.3. The Morgan fingerprint density at radius 1 is 1.34 bits per heavy atom. The van der Waals surface area contributed by atoms with E-state index >= 15 is 0 Å². The summed E-state index contributed by atoms with van der Waals surface area (Å²) in [5, 5.41) is 1.48. The molecule has 1 aromatic carbocycles. The number of carbonyl (C=O) groups is 1. The van der Waals surface area contributed by atoms with Crippen molar-refractivity contribution in [3.8, 4) is 10.4 Å². The molecule has 0 radical (unpaired) electrons. The molecule has 1 fully saturated rings. The van der Waals surface area contributed by atoms with E-state index in [1.807, 2.05) is 42.3 Å². The quantitative estimate of drug-likeness (QED) is 0.464. The number of aromatic nitrogens is 1. The molecule has 1 saturated carbocycles. The first-order valence-corrected chi connectivity index (χ1v) is 12.0. The van der Waals surface area contributed by atoms with E-state index < -0.39 is 0 Å². The number of hydrogen-bond acceptors (Lipinski definition) is 4. The number of carbonyl (C=O) groups excluding carboxylic acids is 1. The van der Waals surface area contributed by atoms with Gasteiger partial charge in [0.1, 0.15) is 11.5 Å². The summed E-state index contributed by atoms with van der Waals surface area (Å²) in [4.78, 5) is 25.4. The highest BCUT2D eigenvalue weighted by Gasteiger charge is 2.31. The SMILES string of the molecule is Cc1nc(C(=O)N(CCC2=CN=C3CC=C(F)C=C23)CC2CC2)c(-c2cccc(Cl)c2)s1. The molecule has 1 aromatic heterocycles. The minimum Gasteiger partial charge on any atom is -0.337 e. The molecule has 0 N–H and O–H groups in total. The third-order valence-corrected chi connectivity index (χ3v) is 7.20. The molecule has 2 heterocycles. The molecule has 0 spiro atoms. The Morgan fingerprint density at radius 2 is 2.19 bits per heavy atom. The van der Waals surface area contributed by atoms with Gasteiger partial charge in [0, 0.05) is 36.3 Å². The van der Waals surface area contributed by atoms with E-state index in [1.54, 1.807) is 12.2 Å². The van der Waals surface area contributed by atoms with E-state index in [-0.39, 0.29) is 11.7 Å². The van der Waals surface area contributed by atoms with Crippen LogP contribution in [0.15, 0.2) is 64.6 Å². The first kappa shape index (κ1) is 21.3. The van der Waals surface area contributed by atoms with Crippen molar-refractivity contribution in [2.45, 2.75) is 32.6 Å². The molecule has 164 valence electrons. The van der Waals surface area contributed by atoms with Gasteiger partial charge in [-0.3, -0.25) is 9.79 Å². The van der Waals surface area contributed by atoms with Crippen LogP contribution in [0, 0.1) is 12.8 Å². The summed E-state index contributed by atoms with van der Waals surface area (Å²) in [5.74, 6) is 0.272. The van der Waals surface area contributed by atoms with Gasteiger partial charge in [-0.1, -0.05) is 23.7 Å². The fraction of sp³-hybridized carbons (Fsp3) is 0.320. The molecular formula is C25H23ClFN3OS. The number of aryl methyl sites for hydroxylation is 1. The van der Waals surface area contributed by atoms with Gasteiger partial charge >= 0.3 is 0 Å². The number of thiazole rings is 1. The number of allylic oxidation sites excluding steroid dienone is 4. The summed E-state index contributed by atoms with van der Waals surface area (Å²) in [6.45, 7) is 3.19. The Labute approximate surface area is 195 Å². The predicted octanol–water partition coefficient (Wildman–Crippen LogP) is 6.54. The second-order valence-corrected chi connectivity index (χ2v) is 10.1. The Balaban J connectivity index is 1.38. The smallest absolute Gasteiger partial charge is 0.274 e. The number of aliphatic imine (C=N–C) groups is 1. The first-order valence-electron chi connectivity index (χ1n) is 10.8. The summed E-state index contributed by atoms with van der Waals surface area (Å²) >= 11 is 7.71. The zero-order chi connectivity index (χ0) is 22.2. The Morgan fingerprint density at radius 3 is 2.97 bits per heavy atom. The number of halogens is 2. The van der Waals surface area contributed by atoms with Crippen LogP contribution in [0.2, 0.25) is 5.02 Å². The van der Waals surface area contributed by atoms with E-state index in [4.69, 9.17) is 11.6 Å². The van der Waals surface area contributed by atoms with Crippen molar-refractivity contribution in [2.24, 2.45) is 10.9 Å². The predicted molar refractivity (Wildman–Crippen MR) is 128 cm³/mol. The van der Waals surface area contributed by atoms with Gasteiger partial charge in [0.2, 0.25) is 0 Å². The van der Waals surface area contributed by atoms with E-state index in [0.717, 1.165) is 51.7 Å². The molecule has 1 aliphatic heterocycles. The fourth-order valence-corrected chi connectivity index (χ4v) is 5.20. The average molecular weight is 468 g/mol. The molecule has 5 rings (SSSR count). The highest BCUT2D eigenvalue weighted by molar-refractivity contribution is 7.15. The zero-order valence-corrected chi connectivity index (χ0v) is 19.3. The van der Waals surface area contributed by atoms with Crippen LogP contribution in [0.25, 0.3) is 10.4 Å². The molecule has 2 aromatic rings. The Bertz CT molecular complexity index is 1210. The molecule has 1 amide bonds. The minimum atomic E-state index is -0.221. The van der Waals surface area contributed by atoms with Gasteiger partial charge in [0.25, 0.3) is 5.91 Å². The van der Waals surface area contributed by atoms with Crippen molar-refractivity contribution in [3.63, 3.8) is 0 Å². The highest BCUT2D eigenvalue weighted by atomic mass is 35.5. The van der Waals surface area contributed by atoms with Gasteiger partial charge in [-0.15, -0.1) is 11.3 Å². The minimum absolute atomic E-state index is 0.0559. The van der Waals surface area contributed by atoms with Crippen LogP contribution in [0.3, 0.4) is 0 Å². The second-order valence-electron chi connectivity index (χ2n) is 8.45. The van der Waals surface area contributed by atoms with Crippen LogP contribution in [0.5, 0.6) is 0 Å². The fourth-order valence-electron chi connectivity index (χ4n) is 4.10. The van der Waals surface area contributed by atoms with Gasteiger partial charge in [-0.25, -0.2) is 9.37 Å². The van der Waals surface area contributed by atoms with Crippen LogP contribution in [0.4, 0.5) is 4.39 Å². The summed E-state index contributed by atoms with van der Waals surface area (Å²) < 4.78 is 13.8. The van der Waals surface area contributed by atoms with E-state index in [9.17, 15) is 9.18 Å². The maximum Gasteiger partial charge on any atom is 0.274 e. The topological polar surface area (TPSA) is 45.6 Å². The van der Waals surface area contributed by atoms with E-state index in [1.165, 1.54) is 11.3 Å². The number of nitrogens with zero attached hydrogens (tertiary/aromatic N) is 3. The van der Waals surface area contributed by atoms with Crippen LogP contribution < -0.4 is 0 Å². The molecular weight excluding hydrogens is 445 g/mol. The van der Waals surface area contributed by atoms with E-state index in [2.05, 4.69) is 9.98 Å². The number of rotatable bonds is 7. The zero-order valence-electron chi connectivity index (χ0n) is 17.8. The summed E-state index contributed by atoms with van der Waals surface area (Å²) in [5.41, 5.74) is 4.15. The first-order chi connectivity index (χ1) is 15.5. The molecule has 0 atom stereocenters. The lowest BCUT2D eigenvalue weighted by molar-refractivity contribution is 0.0745. The van der Waals surface area contributed by atoms with Gasteiger partial charge in [0.05, 0.1) is 15.6 Å². The second kappa shape index (κ2) is 8.75. The van der Waals surface area contributed by atoms with Crippen molar-refractivity contribution in [3.05, 3.63) is 75.3 Å². The van der Waals surface area contributed by atoms with Crippen molar-refractivity contribution in [1.29, 1.82) is 0 Å². The molecule has 32 heavy (non-hydrogen) atoms. The standard InChI is InChI=1S/C25H23ClFN3OS/c1-15-29-23(24(32-15)17-3-2-4-19(26)11-17)25(31)30(14-16-5-6-16)10-9-18-13-28-22-8-7-20(27)12-21(18)22/h2-4,7,11-13,16H,5-6,8-10,14H2,1H3. The summed E-state index contributed by atoms with van der Waals surface area (Å²) in [6.07, 6.45) is 8.37. The van der Waals surface area contributed by atoms with Gasteiger partial charge in [-0.2, -0.15) is 0 Å². The van der Waals surface area contributed by atoms with Gasteiger partial charge < -0.3 is 4.90 Å². The number of hydrogen-bond donors (Lipinski definition) is 0. The monoisotopic (exact) mass is 467 g/mol. The maximum absolute atomic E-state index is 13.8.